The highest BCUT2D eigenvalue weighted by molar-refractivity contribution is 6.34. The fraction of sp³-hybridized carbons (Fsp3) is 0.591. The number of pyridine rings is 2. The van der Waals surface area contributed by atoms with E-state index in [-0.39, 0.29) is 26.6 Å². The van der Waals surface area contributed by atoms with E-state index < -0.39 is 23.1 Å². The number of hydrogen-bond donors (Lipinski definition) is 1. The van der Waals surface area contributed by atoms with Crippen molar-refractivity contribution >= 4 is 46.7 Å². The number of esters is 2. The van der Waals surface area contributed by atoms with Gasteiger partial charge in [0.1, 0.15) is 26.7 Å². The Morgan fingerprint density at radius 2 is 1.19 bits per heavy atom. The number of nitrogens with one attached hydrogen (secondary N) is 1. The van der Waals surface area contributed by atoms with E-state index in [1.165, 1.54) is 69.9 Å². The molecular weight excluding hydrogens is 815 g/mol. The summed E-state index contributed by atoms with van der Waals surface area (Å²) in [6, 6.07) is 9.99. The van der Waals surface area contributed by atoms with E-state index in [4.69, 9.17) is 53.8 Å². The lowest BCUT2D eigenvalue weighted by molar-refractivity contribution is 0.00567. The van der Waals surface area contributed by atoms with Crippen LogP contribution in [0.4, 0.5) is 0 Å². The minimum atomic E-state index is -0.591. The topological polar surface area (TPSA) is 143 Å². The molecular formula is C44H53Cl3N6O6. The fourth-order valence-corrected chi connectivity index (χ4v) is 10.7. The van der Waals surface area contributed by atoms with Crippen molar-refractivity contribution < 1.29 is 28.5 Å². The van der Waals surface area contributed by atoms with Gasteiger partial charge in [0.25, 0.3) is 0 Å². The van der Waals surface area contributed by atoms with Gasteiger partial charge < -0.3 is 18.9 Å². The molecule has 59 heavy (non-hydrogen) atoms. The number of H-pyrrole nitrogens is 1. The first-order chi connectivity index (χ1) is 27.9. The zero-order valence-corrected chi connectivity index (χ0v) is 36.8. The minimum Gasteiger partial charge on any atom is -0.478 e. The van der Waals surface area contributed by atoms with Crippen molar-refractivity contribution in [1.82, 2.24) is 29.9 Å². The molecule has 6 aliphatic rings. The molecule has 6 saturated carbocycles. The predicted octanol–water partition coefficient (Wildman–Crippen LogP) is 10.5. The lowest BCUT2D eigenvalue weighted by atomic mass is 10.2. The maximum Gasteiger partial charge on any atom is 0.341 e. The van der Waals surface area contributed by atoms with Gasteiger partial charge in [0.2, 0.25) is 11.8 Å². The number of fused-ring (bicyclic) bond motifs is 2. The van der Waals surface area contributed by atoms with Gasteiger partial charge in [-0.25, -0.2) is 29.3 Å². The Bertz CT molecular complexity index is 2160. The van der Waals surface area contributed by atoms with Crippen LogP contribution in [-0.2, 0) is 9.47 Å². The molecule has 0 aliphatic heterocycles. The van der Waals surface area contributed by atoms with Gasteiger partial charge in [-0.3, -0.25) is 0 Å². The van der Waals surface area contributed by atoms with Crippen LogP contribution in [0.15, 0.2) is 48.8 Å². The van der Waals surface area contributed by atoms with Crippen molar-refractivity contribution in [3.05, 3.63) is 75.4 Å². The summed E-state index contributed by atoms with van der Waals surface area (Å²) in [7, 11) is 0. The van der Waals surface area contributed by atoms with E-state index in [0.717, 1.165) is 41.6 Å². The molecule has 4 heterocycles. The molecule has 12 nitrogen and oxygen atoms in total. The summed E-state index contributed by atoms with van der Waals surface area (Å²) in [4.78, 5) is 31.9. The largest absolute Gasteiger partial charge is 0.478 e. The molecule has 4 aromatic rings. The molecule has 0 saturated heterocycles. The first-order valence-corrected chi connectivity index (χ1v) is 21.8. The van der Waals surface area contributed by atoms with E-state index in [9.17, 15) is 9.59 Å². The molecule has 10 rings (SSSR count). The number of carbonyl (C=O) groups excluding carboxylic acids is 2. The predicted molar refractivity (Wildman–Crippen MR) is 223 cm³/mol. The summed E-state index contributed by atoms with van der Waals surface area (Å²) < 4.78 is 23.6. The van der Waals surface area contributed by atoms with Gasteiger partial charge in [-0.05, 0) is 164 Å². The third kappa shape index (κ3) is 8.69. The summed E-state index contributed by atoms with van der Waals surface area (Å²) in [6.07, 6.45) is 17.6. The Morgan fingerprint density at radius 1 is 0.695 bits per heavy atom. The summed E-state index contributed by atoms with van der Waals surface area (Å²) in [5, 5.41) is 11.5. The van der Waals surface area contributed by atoms with Crippen LogP contribution in [0.1, 0.15) is 126 Å². The zero-order chi connectivity index (χ0) is 42.0. The quantitative estimate of drug-likeness (QED) is 0.114. The molecule has 15 heteroatoms. The molecule has 6 aliphatic carbocycles. The standard InChI is InChI=1S/C22H26ClN3O3.C12H16N2O.C10H11Cl2NO2/c1-20(2,3)29-19(27)14-4-5-16(24-18(14)23)26-12-6-17(25-26)28-13-7-15-21(8-9-21)22(15)10-11-22;1-7-13-14-10(1)15-8-2-9-11(3-4-11)12(9)5-6-12;1-10(2,3)15-9(14)6-4-5-7(11)13-8(6)12/h4-6,12,15H,7-11,13H2,1-3H3;1,7,9H,2-6,8H2,(H,13,14);4-5H,1-3H3. The maximum absolute atomic E-state index is 12.2. The van der Waals surface area contributed by atoms with Crippen molar-refractivity contribution in [2.75, 3.05) is 13.2 Å². The highest BCUT2D eigenvalue weighted by Gasteiger charge is 2.86. The van der Waals surface area contributed by atoms with E-state index in [1.807, 2.05) is 32.9 Å². The Labute approximate surface area is 360 Å². The van der Waals surface area contributed by atoms with Gasteiger partial charge >= 0.3 is 11.9 Å². The Morgan fingerprint density at radius 3 is 1.63 bits per heavy atom. The molecule has 0 amide bonds. The molecule has 0 atom stereocenters. The number of aromatic amines is 1. The maximum atomic E-state index is 12.2. The highest BCUT2D eigenvalue weighted by Crippen LogP contribution is 2.93. The normalized spacial score (nSPS) is 20.2. The van der Waals surface area contributed by atoms with Crippen molar-refractivity contribution in [3.8, 4) is 17.6 Å². The third-order valence-electron chi connectivity index (χ3n) is 13.1. The van der Waals surface area contributed by atoms with E-state index in [2.05, 4.69) is 25.3 Å². The second-order valence-corrected chi connectivity index (χ2v) is 20.1. The summed E-state index contributed by atoms with van der Waals surface area (Å²) in [5.41, 5.74) is 2.39. The van der Waals surface area contributed by atoms with E-state index in [1.54, 1.807) is 50.0 Å². The molecule has 4 aromatic heterocycles. The number of ether oxygens (including phenoxy) is 4. The van der Waals surface area contributed by atoms with E-state index >= 15 is 0 Å². The van der Waals surface area contributed by atoms with Crippen LogP contribution in [0.3, 0.4) is 0 Å². The Hall–Kier alpha value is -3.87. The molecule has 6 fully saturated rings. The molecule has 316 valence electrons. The summed E-state index contributed by atoms with van der Waals surface area (Å²) in [6.45, 7) is 12.3. The summed E-state index contributed by atoms with van der Waals surface area (Å²) >= 11 is 17.6. The lowest BCUT2D eigenvalue weighted by Crippen LogP contribution is -2.24. The monoisotopic (exact) mass is 866 g/mol. The first-order valence-electron chi connectivity index (χ1n) is 20.7. The van der Waals surface area contributed by atoms with Gasteiger partial charge in [0, 0.05) is 18.3 Å². The smallest absolute Gasteiger partial charge is 0.341 e. The van der Waals surface area contributed by atoms with Crippen molar-refractivity contribution in [3.63, 3.8) is 0 Å². The fourth-order valence-electron chi connectivity index (χ4n) is 10.0. The van der Waals surface area contributed by atoms with Gasteiger partial charge in [-0.1, -0.05) is 34.8 Å². The van der Waals surface area contributed by atoms with E-state index in [0.29, 0.717) is 29.1 Å². The number of carbonyl (C=O) groups is 2. The van der Waals surface area contributed by atoms with Crippen molar-refractivity contribution in [2.45, 2.75) is 117 Å². The second kappa shape index (κ2) is 15.2. The average molecular weight is 868 g/mol. The molecule has 0 aromatic carbocycles. The SMILES string of the molecule is CC(C)(C)OC(=O)c1ccc(-n2ccc(OCCC3C4(CC4)C34CC4)n2)nc1Cl.CC(C)(C)OC(=O)c1ccc(Cl)nc1Cl.c1cc(OCCC2C3(CC3)C23CC3)[nH]n1. The molecule has 0 radical (unpaired) electrons. The average Bonchev–Trinajstić information content (AvgIpc) is 3.88. The number of nitrogens with zero attached hydrogens (tertiary/aromatic N) is 5. The van der Waals surface area contributed by atoms with Crippen LogP contribution in [0, 0.1) is 33.5 Å². The minimum absolute atomic E-state index is 0.0525. The van der Waals surface area contributed by atoms with Gasteiger partial charge in [-0.15, -0.1) is 5.10 Å². The molecule has 1 N–H and O–H groups in total. The van der Waals surface area contributed by atoms with Crippen LogP contribution in [0.5, 0.6) is 11.8 Å². The number of hydrogen-bond acceptors (Lipinski definition) is 10. The highest BCUT2D eigenvalue weighted by atomic mass is 35.5. The van der Waals surface area contributed by atoms with Crippen molar-refractivity contribution in [1.29, 1.82) is 0 Å². The number of aromatic nitrogens is 6. The van der Waals surface area contributed by atoms with Crippen LogP contribution in [0.2, 0.25) is 15.5 Å². The third-order valence-corrected chi connectivity index (χ3v) is 13.9. The first kappa shape index (κ1) is 41.8. The molecule has 4 spiro atoms. The number of halogens is 3. The van der Waals surface area contributed by atoms with Gasteiger partial charge in [0.15, 0.2) is 5.82 Å². The Balaban J connectivity index is 0.000000136. The zero-order valence-electron chi connectivity index (χ0n) is 34.6. The van der Waals surface area contributed by atoms with Gasteiger partial charge in [0.05, 0.1) is 30.5 Å². The number of rotatable bonds is 11. The summed E-state index contributed by atoms with van der Waals surface area (Å²) in [5.74, 6) is 2.78. The molecule has 0 unspecified atom stereocenters. The Kier molecular flexibility index (Phi) is 10.8. The van der Waals surface area contributed by atoms with Gasteiger partial charge in [-0.2, -0.15) is 5.10 Å². The van der Waals surface area contributed by atoms with Crippen LogP contribution < -0.4 is 9.47 Å². The van der Waals surface area contributed by atoms with Crippen molar-refractivity contribution in [2.24, 2.45) is 33.5 Å². The van der Waals surface area contributed by atoms with Crippen LogP contribution >= 0.6 is 34.8 Å². The van der Waals surface area contributed by atoms with Crippen LogP contribution in [0.25, 0.3) is 5.82 Å². The second-order valence-electron chi connectivity index (χ2n) is 19.0. The lowest BCUT2D eigenvalue weighted by Gasteiger charge is -2.19. The van der Waals surface area contributed by atoms with Crippen LogP contribution in [-0.4, -0.2) is 66.3 Å². The molecule has 0 bridgehead atoms.